The number of aliphatic hydroxyl groups excluding tert-OH is 1. The molecule has 1 heterocycles. The number of hydrogen-bond donors (Lipinski definition) is 6. The number of ether oxygens (including phenoxy) is 3. The van der Waals surface area contributed by atoms with Crippen molar-refractivity contribution in [2.75, 3.05) is 46.1 Å². The lowest BCUT2D eigenvalue weighted by Crippen LogP contribution is -2.46. The summed E-state index contributed by atoms with van der Waals surface area (Å²) in [5.41, 5.74) is 1.08. The van der Waals surface area contributed by atoms with Crippen molar-refractivity contribution in [1.82, 2.24) is 10.6 Å². The lowest BCUT2D eigenvalue weighted by atomic mass is 9.61. The van der Waals surface area contributed by atoms with Crippen molar-refractivity contribution in [3.63, 3.8) is 0 Å². The van der Waals surface area contributed by atoms with Gasteiger partial charge in [-0.05, 0) is 130 Å². The van der Waals surface area contributed by atoms with Gasteiger partial charge in [0.15, 0.2) is 41.0 Å². The molecule has 340 valence electrons. The van der Waals surface area contributed by atoms with E-state index in [9.17, 15) is 15.3 Å². The molecule has 62 heavy (non-hydrogen) atoms. The van der Waals surface area contributed by atoms with Gasteiger partial charge in [0.25, 0.3) is 0 Å². The molecule has 6 N–H and O–H groups in total. The van der Waals surface area contributed by atoms with Crippen molar-refractivity contribution in [2.45, 2.75) is 126 Å². The SMILES string of the molecule is CCCCCC1C=CC(=O)C2(Cc3ccc(O)c(OC)c3)C3C=CC(SSCNC(=NC)Nc4cc(cc(OC5(CNC)CCC(CC(O)OC)C5)c4O)C14CCCC4)C2CC3. The van der Waals surface area contributed by atoms with Gasteiger partial charge in [-0.15, -0.1) is 0 Å². The van der Waals surface area contributed by atoms with Gasteiger partial charge in [0.2, 0.25) is 0 Å². The Kier molecular flexibility index (Phi) is 15.5. The molecule has 5 aliphatic rings. The Morgan fingerprint density at radius 2 is 1.84 bits per heavy atom. The minimum absolute atomic E-state index is 0.0386. The molecule has 1 spiro atoms. The first-order valence-electron chi connectivity index (χ1n) is 23.0. The Hall–Kier alpha value is -3.36. The number of unbranched alkanes of at least 4 members (excludes halogenated alkanes) is 2. The highest BCUT2D eigenvalue weighted by molar-refractivity contribution is 8.77. The number of rotatable bonds is 14. The van der Waals surface area contributed by atoms with Crippen molar-refractivity contribution >= 4 is 39.0 Å². The summed E-state index contributed by atoms with van der Waals surface area (Å²) in [5, 5.41) is 43.6. The van der Waals surface area contributed by atoms with Crippen molar-refractivity contribution in [3.05, 3.63) is 65.8 Å². The van der Waals surface area contributed by atoms with Crippen molar-refractivity contribution in [1.29, 1.82) is 0 Å². The number of guanidine groups is 1. The predicted octanol–water partition coefficient (Wildman–Crippen LogP) is 9.27. The molecule has 0 saturated heterocycles. The van der Waals surface area contributed by atoms with Gasteiger partial charge >= 0.3 is 0 Å². The molecule has 0 amide bonds. The number of fused-ring (bicyclic) bond motifs is 3. The van der Waals surface area contributed by atoms with Gasteiger partial charge in [-0.1, -0.05) is 84.9 Å². The van der Waals surface area contributed by atoms with Gasteiger partial charge in [0.1, 0.15) is 5.60 Å². The molecule has 3 fully saturated rings. The van der Waals surface area contributed by atoms with Crippen LogP contribution in [0.2, 0.25) is 0 Å². The van der Waals surface area contributed by atoms with E-state index in [0.29, 0.717) is 54.8 Å². The smallest absolute Gasteiger partial charge is 0.196 e. The molecule has 2 aromatic carbocycles. The fourth-order valence-corrected chi connectivity index (χ4v) is 14.4. The van der Waals surface area contributed by atoms with Crippen LogP contribution in [-0.4, -0.2) is 84.9 Å². The molecule has 3 saturated carbocycles. The van der Waals surface area contributed by atoms with E-state index in [1.165, 1.54) is 7.11 Å². The van der Waals surface area contributed by atoms with E-state index in [1.54, 1.807) is 41.8 Å². The number of phenols is 2. The predicted molar refractivity (Wildman–Crippen MR) is 252 cm³/mol. The van der Waals surface area contributed by atoms with Crippen LogP contribution in [-0.2, 0) is 21.4 Å². The monoisotopic (exact) mass is 890 g/mol. The van der Waals surface area contributed by atoms with Crippen LogP contribution >= 0.6 is 21.6 Å². The third kappa shape index (κ3) is 9.67. The van der Waals surface area contributed by atoms with Crippen LogP contribution in [0.3, 0.4) is 0 Å². The third-order valence-electron chi connectivity index (χ3n) is 15.0. The maximum absolute atomic E-state index is 15.5. The summed E-state index contributed by atoms with van der Waals surface area (Å²) in [5.74, 6) is 2.78. The number of aliphatic hydroxyl groups is 1. The average Bonchev–Trinajstić information content (AvgIpc) is 3.97. The molecule has 11 nitrogen and oxygen atoms in total. The average molecular weight is 891 g/mol. The molecule has 2 aromatic rings. The molecule has 0 radical (unpaired) electrons. The van der Waals surface area contributed by atoms with Crippen LogP contribution in [0.25, 0.3) is 0 Å². The number of aliphatic imine (C=N–C) groups is 1. The molecule has 7 rings (SSSR count). The quantitative estimate of drug-likeness (QED) is 0.0353. The summed E-state index contributed by atoms with van der Waals surface area (Å²) >= 11 is 0. The summed E-state index contributed by atoms with van der Waals surface area (Å²) in [4.78, 5) is 20.1. The number of carbonyl (C=O) groups is 1. The first kappa shape index (κ1) is 46.6. The fraction of sp³-hybridized carbons (Fsp3) is 0.633. The van der Waals surface area contributed by atoms with Crippen LogP contribution in [0.15, 0.2) is 59.6 Å². The van der Waals surface area contributed by atoms with Gasteiger partial charge in [0.05, 0.1) is 18.7 Å². The van der Waals surface area contributed by atoms with Crippen LogP contribution in [0.5, 0.6) is 23.0 Å². The van der Waals surface area contributed by atoms with Crippen LogP contribution in [0.4, 0.5) is 5.69 Å². The lowest BCUT2D eigenvalue weighted by molar-refractivity contribution is -0.127. The van der Waals surface area contributed by atoms with E-state index >= 15 is 4.79 Å². The number of methoxy groups -OCH3 is 2. The minimum atomic E-state index is -0.831. The van der Waals surface area contributed by atoms with Gasteiger partial charge in [-0.25, -0.2) is 0 Å². The van der Waals surface area contributed by atoms with Crippen LogP contribution in [0, 0.1) is 29.1 Å². The molecule has 4 aliphatic carbocycles. The van der Waals surface area contributed by atoms with Gasteiger partial charge in [0, 0.05) is 43.2 Å². The number of phenolic OH excluding ortho intramolecular Hbond substituents is 2. The van der Waals surface area contributed by atoms with Crippen molar-refractivity contribution in [2.24, 2.45) is 34.1 Å². The topological polar surface area (TPSA) is 154 Å². The Bertz CT molecular complexity index is 1950. The summed E-state index contributed by atoms with van der Waals surface area (Å²) in [6, 6.07) is 9.74. The number of anilines is 1. The molecule has 13 heteroatoms. The summed E-state index contributed by atoms with van der Waals surface area (Å²) < 4.78 is 17.9. The number of likely N-dealkylation sites (N-methyl/N-ethyl adjacent to an activating group) is 1. The standard InChI is InChI=1S/C49H70N4O7S2/c1-6-7-8-11-34-15-19-43(55)49(29-32-12-17-39(54)40(24-32)58-4)35-13-16-37(49)42(18-14-35)62-61-31-52-46(51-3)53-38-26-36(48(34)21-9-10-22-48)27-41(45(38)57)60-47(30-50-2)23-20-33(28-47)25-44(56)59-5/h12,14-15,17-19,24,26-27,33-35,37,42,44,50,54,56-57H,6-11,13,16,20-23,25,28-31H2,1-5H3,(H2,51,52,53). The number of allylic oxidation sites excluding steroid dienone is 3. The molecule has 0 aromatic heterocycles. The van der Waals surface area contributed by atoms with Crippen molar-refractivity contribution < 1.29 is 34.3 Å². The highest BCUT2D eigenvalue weighted by Crippen LogP contribution is 2.60. The maximum atomic E-state index is 15.5. The zero-order valence-corrected chi connectivity index (χ0v) is 39.1. The molecular formula is C49H70N4O7S2. The van der Waals surface area contributed by atoms with E-state index < -0.39 is 17.3 Å². The van der Waals surface area contributed by atoms with E-state index in [1.807, 2.05) is 25.3 Å². The third-order valence-corrected chi connectivity index (χ3v) is 17.5. The maximum Gasteiger partial charge on any atom is 0.196 e. The molecular weight excluding hydrogens is 821 g/mol. The Balaban J connectivity index is 1.34. The van der Waals surface area contributed by atoms with E-state index in [2.05, 4.69) is 58.2 Å². The van der Waals surface area contributed by atoms with Crippen LogP contribution < -0.4 is 25.4 Å². The van der Waals surface area contributed by atoms with E-state index in [-0.39, 0.29) is 51.6 Å². The zero-order chi connectivity index (χ0) is 43.9. The fourth-order valence-electron chi connectivity index (χ4n) is 11.9. The van der Waals surface area contributed by atoms with Gasteiger partial charge < -0.3 is 45.5 Å². The Morgan fingerprint density at radius 3 is 2.58 bits per heavy atom. The number of carbonyl (C=O) groups excluding carboxylic acids is 1. The Labute approximate surface area is 377 Å². The van der Waals surface area contributed by atoms with Crippen LogP contribution in [0.1, 0.15) is 108 Å². The number of nitrogens with zero attached hydrogens (tertiary/aromatic N) is 1. The summed E-state index contributed by atoms with van der Waals surface area (Å²) in [7, 11) is 10.3. The number of benzene rings is 2. The minimum Gasteiger partial charge on any atom is -0.504 e. The second-order valence-corrected chi connectivity index (χ2v) is 21.1. The number of aromatic hydroxyl groups is 2. The second-order valence-electron chi connectivity index (χ2n) is 18.5. The van der Waals surface area contributed by atoms with Gasteiger partial charge in [-0.2, -0.15) is 0 Å². The molecule has 8 atom stereocenters. The largest absolute Gasteiger partial charge is 0.504 e. The first-order valence-corrected chi connectivity index (χ1v) is 25.4. The number of ketones is 1. The number of nitrogens with one attached hydrogen (secondary N) is 3. The lowest BCUT2D eigenvalue weighted by Gasteiger charge is -2.43. The number of hydrogen-bond acceptors (Lipinski definition) is 11. The summed E-state index contributed by atoms with van der Waals surface area (Å²) in [6.45, 7) is 2.82. The normalized spacial score (nSPS) is 30.6. The molecule has 8 unspecified atom stereocenters. The van der Waals surface area contributed by atoms with E-state index in [0.717, 1.165) is 88.2 Å². The zero-order valence-electron chi connectivity index (χ0n) is 37.4. The highest BCUT2D eigenvalue weighted by Gasteiger charge is 2.57. The first-order chi connectivity index (χ1) is 30.0. The van der Waals surface area contributed by atoms with Crippen molar-refractivity contribution in [3.8, 4) is 23.0 Å². The second kappa shape index (κ2) is 20.6. The summed E-state index contributed by atoms with van der Waals surface area (Å²) in [6.07, 6.45) is 21.7. The molecule has 6 bridgehead atoms. The Morgan fingerprint density at radius 1 is 1.02 bits per heavy atom. The molecule has 1 aliphatic heterocycles. The van der Waals surface area contributed by atoms with Gasteiger partial charge in [-0.3, -0.25) is 9.79 Å². The van der Waals surface area contributed by atoms with E-state index in [4.69, 9.17) is 14.2 Å². The highest BCUT2D eigenvalue weighted by atomic mass is 33.1.